The van der Waals surface area contributed by atoms with Crippen molar-refractivity contribution in [2.45, 2.75) is 45.2 Å². The van der Waals surface area contributed by atoms with Crippen molar-refractivity contribution in [3.8, 4) is 5.75 Å². The Morgan fingerprint density at radius 3 is 2.56 bits per heavy atom. The van der Waals surface area contributed by atoms with Crippen molar-refractivity contribution in [3.63, 3.8) is 0 Å². The van der Waals surface area contributed by atoms with E-state index in [1.54, 1.807) is 16.2 Å². The molecule has 0 N–H and O–H groups in total. The van der Waals surface area contributed by atoms with Crippen LogP contribution in [-0.2, 0) is 11.2 Å². The second kappa shape index (κ2) is 9.63. The predicted octanol–water partition coefficient (Wildman–Crippen LogP) is 5.17. The second-order valence-corrected chi connectivity index (χ2v) is 10.3. The topological polar surface area (TPSA) is 49.9 Å². The third-order valence-corrected chi connectivity index (χ3v) is 7.75. The maximum absolute atomic E-state index is 13.6. The van der Waals surface area contributed by atoms with Gasteiger partial charge in [0.05, 0.1) is 6.04 Å². The molecule has 0 radical (unpaired) electrons. The van der Waals surface area contributed by atoms with Crippen molar-refractivity contribution in [1.82, 2.24) is 9.80 Å². The number of thiophene rings is 1. The maximum atomic E-state index is 13.6. The number of ether oxygens (including phenoxy) is 1. The SMILES string of the molecule is Cc1ccc(C(=O)N(CC(=O)N2CCc3sccc3C2COc2ccccc2C)C2CC2)cc1. The van der Waals surface area contributed by atoms with Crippen molar-refractivity contribution in [2.75, 3.05) is 19.7 Å². The number of rotatable bonds is 7. The molecule has 3 aromatic rings. The number of amides is 2. The first kappa shape index (κ1) is 22.7. The van der Waals surface area contributed by atoms with Gasteiger partial charge in [-0.05, 0) is 73.9 Å². The number of para-hydroxylation sites is 1. The van der Waals surface area contributed by atoms with Gasteiger partial charge in [0.15, 0.2) is 0 Å². The Labute approximate surface area is 205 Å². The number of carbonyl (C=O) groups excluding carboxylic acids is 2. The first-order valence-electron chi connectivity index (χ1n) is 11.9. The second-order valence-electron chi connectivity index (χ2n) is 9.26. The van der Waals surface area contributed by atoms with E-state index in [-0.39, 0.29) is 30.4 Å². The lowest BCUT2D eigenvalue weighted by molar-refractivity contribution is -0.135. The molecule has 34 heavy (non-hydrogen) atoms. The van der Waals surface area contributed by atoms with Crippen molar-refractivity contribution >= 4 is 23.2 Å². The zero-order chi connectivity index (χ0) is 23.7. The summed E-state index contributed by atoms with van der Waals surface area (Å²) in [5.74, 6) is 0.769. The zero-order valence-electron chi connectivity index (χ0n) is 19.7. The van der Waals surface area contributed by atoms with Crippen molar-refractivity contribution in [1.29, 1.82) is 0 Å². The Bertz CT molecular complexity index is 1180. The Balaban J connectivity index is 1.34. The van der Waals surface area contributed by atoms with Crippen molar-refractivity contribution < 1.29 is 14.3 Å². The fourth-order valence-electron chi connectivity index (χ4n) is 4.61. The first-order valence-corrected chi connectivity index (χ1v) is 12.8. The normalized spacial score (nSPS) is 17.2. The standard InChI is InChI=1S/C28H30N2O3S/c1-19-7-9-21(10-8-19)28(32)30(22-11-12-22)17-27(31)29-15-13-26-23(14-16-34-26)24(29)18-33-25-6-4-3-5-20(25)2/h3-10,14,16,22,24H,11-13,15,17-18H2,1-2H3. The summed E-state index contributed by atoms with van der Waals surface area (Å²) in [6.07, 6.45) is 2.76. The highest BCUT2D eigenvalue weighted by atomic mass is 32.1. The molecule has 0 spiro atoms. The molecule has 0 bridgehead atoms. The van der Waals surface area contributed by atoms with Gasteiger partial charge in [0, 0.05) is 23.0 Å². The van der Waals surface area contributed by atoms with Crippen LogP contribution >= 0.6 is 11.3 Å². The number of benzene rings is 2. The molecule has 2 aliphatic rings. The largest absolute Gasteiger partial charge is 0.491 e. The average Bonchev–Trinajstić information content (AvgIpc) is 3.57. The lowest BCUT2D eigenvalue weighted by Crippen LogP contribution is -2.48. The summed E-state index contributed by atoms with van der Waals surface area (Å²) in [5.41, 5.74) is 4.00. The molecule has 1 aromatic heterocycles. The summed E-state index contributed by atoms with van der Waals surface area (Å²) >= 11 is 1.74. The Morgan fingerprint density at radius 2 is 1.82 bits per heavy atom. The van der Waals surface area contributed by atoms with Gasteiger partial charge in [-0.2, -0.15) is 0 Å². The smallest absolute Gasteiger partial charge is 0.254 e. The van der Waals surface area contributed by atoms with Gasteiger partial charge in [-0.1, -0.05) is 35.9 Å². The van der Waals surface area contributed by atoms with E-state index in [4.69, 9.17) is 4.74 Å². The van der Waals surface area contributed by atoms with Gasteiger partial charge < -0.3 is 14.5 Å². The van der Waals surface area contributed by atoms with Crippen LogP contribution in [0.3, 0.4) is 0 Å². The number of nitrogens with zero attached hydrogens (tertiary/aromatic N) is 2. The Hall–Kier alpha value is -3.12. The fraction of sp³-hybridized carbons (Fsp3) is 0.357. The van der Waals surface area contributed by atoms with Crippen LogP contribution in [0, 0.1) is 13.8 Å². The highest BCUT2D eigenvalue weighted by molar-refractivity contribution is 7.10. The maximum Gasteiger partial charge on any atom is 0.254 e. The molecule has 1 atom stereocenters. The molecule has 2 aromatic carbocycles. The average molecular weight is 475 g/mol. The summed E-state index contributed by atoms with van der Waals surface area (Å²) < 4.78 is 6.21. The molecule has 1 fully saturated rings. The van der Waals surface area contributed by atoms with E-state index >= 15 is 0 Å². The van der Waals surface area contributed by atoms with E-state index < -0.39 is 0 Å². The number of carbonyl (C=O) groups is 2. The minimum Gasteiger partial charge on any atom is -0.491 e. The molecule has 176 valence electrons. The molecular formula is C28H30N2O3S. The third kappa shape index (κ3) is 4.73. The number of hydrogen-bond donors (Lipinski definition) is 0. The lowest BCUT2D eigenvalue weighted by atomic mass is 10.00. The van der Waals surface area contributed by atoms with E-state index in [0.717, 1.165) is 36.1 Å². The van der Waals surface area contributed by atoms with Crippen LogP contribution < -0.4 is 4.74 Å². The molecule has 1 aliphatic heterocycles. The van der Waals surface area contributed by atoms with Gasteiger partial charge in [-0.25, -0.2) is 0 Å². The van der Waals surface area contributed by atoms with E-state index in [1.807, 2.05) is 67.3 Å². The first-order chi connectivity index (χ1) is 16.5. The van der Waals surface area contributed by atoms with Gasteiger partial charge in [0.1, 0.15) is 18.9 Å². The molecule has 5 nitrogen and oxygen atoms in total. The van der Waals surface area contributed by atoms with Crippen molar-refractivity contribution in [3.05, 3.63) is 87.1 Å². The van der Waals surface area contributed by atoms with Crippen LogP contribution in [0.25, 0.3) is 0 Å². The molecule has 2 heterocycles. The lowest BCUT2D eigenvalue weighted by Gasteiger charge is -2.37. The summed E-state index contributed by atoms with van der Waals surface area (Å²) in [4.78, 5) is 31.9. The highest BCUT2D eigenvalue weighted by Crippen LogP contribution is 2.35. The molecule has 0 saturated heterocycles. The van der Waals surface area contributed by atoms with Gasteiger partial charge in [-0.15, -0.1) is 11.3 Å². The number of aryl methyl sites for hydroxylation is 2. The molecule has 6 heteroatoms. The quantitative estimate of drug-likeness (QED) is 0.474. The van der Waals surface area contributed by atoms with E-state index in [0.29, 0.717) is 18.7 Å². The third-order valence-electron chi connectivity index (χ3n) is 6.76. The molecular weight excluding hydrogens is 444 g/mol. The Kier molecular flexibility index (Phi) is 6.42. The summed E-state index contributed by atoms with van der Waals surface area (Å²) in [6, 6.07) is 17.7. The van der Waals surface area contributed by atoms with E-state index in [9.17, 15) is 9.59 Å². The molecule has 5 rings (SSSR count). The van der Waals surface area contributed by atoms with Crippen LogP contribution in [-0.4, -0.2) is 47.4 Å². The minimum absolute atomic E-state index is 0.0115. The highest BCUT2D eigenvalue weighted by Gasteiger charge is 2.38. The van der Waals surface area contributed by atoms with Gasteiger partial charge in [-0.3, -0.25) is 9.59 Å². The van der Waals surface area contributed by atoms with Crippen LogP contribution in [0.4, 0.5) is 0 Å². The summed E-state index contributed by atoms with van der Waals surface area (Å²) in [7, 11) is 0. The van der Waals surface area contributed by atoms with E-state index in [2.05, 4.69) is 11.4 Å². The Morgan fingerprint density at radius 1 is 1.06 bits per heavy atom. The van der Waals surface area contributed by atoms with Crippen LogP contribution in [0.1, 0.15) is 50.8 Å². The van der Waals surface area contributed by atoms with Gasteiger partial charge in [0.25, 0.3) is 5.91 Å². The van der Waals surface area contributed by atoms with Crippen molar-refractivity contribution in [2.24, 2.45) is 0 Å². The minimum atomic E-state index is -0.155. The number of hydrogen-bond acceptors (Lipinski definition) is 4. The van der Waals surface area contributed by atoms with E-state index in [1.165, 1.54) is 10.4 Å². The van der Waals surface area contributed by atoms with Crippen LogP contribution in [0.5, 0.6) is 5.75 Å². The van der Waals surface area contributed by atoms with Gasteiger partial charge >= 0.3 is 0 Å². The monoisotopic (exact) mass is 474 g/mol. The van der Waals surface area contributed by atoms with Crippen LogP contribution in [0.15, 0.2) is 60.0 Å². The summed E-state index contributed by atoms with van der Waals surface area (Å²) in [6.45, 7) is 5.18. The zero-order valence-corrected chi connectivity index (χ0v) is 20.5. The molecule has 1 unspecified atom stereocenters. The molecule has 2 amide bonds. The fourth-order valence-corrected chi connectivity index (χ4v) is 5.54. The molecule has 1 saturated carbocycles. The van der Waals surface area contributed by atoms with Crippen LogP contribution in [0.2, 0.25) is 0 Å². The molecule has 1 aliphatic carbocycles. The summed E-state index contributed by atoms with van der Waals surface area (Å²) in [5, 5.41) is 2.09. The predicted molar refractivity (Wildman–Crippen MR) is 134 cm³/mol. The van der Waals surface area contributed by atoms with Gasteiger partial charge in [0.2, 0.25) is 5.91 Å². The number of fused-ring (bicyclic) bond motifs is 1.